The van der Waals surface area contributed by atoms with Crippen LogP contribution in [0.2, 0.25) is 0 Å². The Bertz CT molecular complexity index is 143. The van der Waals surface area contributed by atoms with E-state index in [1.807, 2.05) is 0 Å². The molecule has 2 N–H and O–H groups in total. The molecular formula is C10H19NO. The van der Waals surface area contributed by atoms with Gasteiger partial charge in [0.25, 0.3) is 0 Å². The van der Waals surface area contributed by atoms with Crippen LogP contribution in [0.4, 0.5) is 0 Å². The van der Waals surface area contributed by atoms with Crippen LogP contribution in [0.5, 0.6) is 0 Å². The summed E-state index contributed by atoms with van der Waals surface area (Å²) in [5.74, 6) is 2.82. The standard InChI is InChI=1S/C10H19NO/c12-6-3-9-7-10(9)8-1-4-11-5-2-8/h8-12H,1-7H2/t9-,10?/m0/s1. The average Bonchev–Trinajstić information content (AvgIpc) is 2.87. The van der Waals surface area contributed by atoms with Gasteiger partial charge in [-0.25, -0.2) is 0 Å². The summed E-state index contributed by atoms with van der Waals surface area (Å²) in [6.07, 6.45) is 5.18. The molecule has 1 aliphatic heterocycles. The Morgan fingerprint density at radius 3 is 2.67 bits per heavy atom. The van der Waals surface area contributed by atoms with Crippen molar-refractivity contribution in [2.75, 3.05) is 19.7 Å². The fourth-order valence-electron chi connectivity index (χ4n) is 2.62. The number of piperidine rings is 1. The van der Waals surface area contributed by atoms with Crippen molar-refractivity contribution in [3.63, 3.8) is 0 Å². The van der Waals surface area contributed by atoms with Crippen LogP contribution in [0.3, 0.4) is 0 Å². The van der Waals surface area contributed by atoms with E-state index in [0.29, 0.717) is 6.61 Å². The third kappa shape index (κ3) is 1.80. The van der Waals surface area contributed by atoms with Gasteiger partial charge in [-0.15, -0.1) is 0 Å². The van der Waals surface area contributed by atoms with Gasteiger partial charge < -0.3 is 10.4 Å². The van der Waals surface area contributed by atoms with E-state index in [4.69, 9.17) is 5.11 Å². The number of nitrogens with one attached hydrogen (secondary N) is 1. The second kappa shape index (κ2) is 3.75. The highest BCUT2D eigenvalue weighted by Crippen LogP contribution is 2.48. The molecule has 1 unspecified atom stereocenters. The fraction of sp³-hybridized carbons (Fsp3) is 1.00. The molecule has 2 atom stereocenters. The summed E-state index contributed by atoms with van der Waals surface area (Å²) in [5, 5.41) is 12.2. The van der Waals surface area contributed by atoms with Gasteiger partial charge in [-0.2, -0.15) is 0 Å². The summed E-state index contributed by atoms with van der Waals surface area (Å²) in [5.41, 5.74) is 0. The zero-order chi connectivity index (χ0) is 8.39. The Hall–Kier alpha value is -0.0800. The molecule has 2 fully saturated rings. The summed E-state index contributed by atoms with van der Waals surface area (Å²) in [6.45, 7) is 2.83. The van der Waals surface area contributed by atoms with Gasteiger partial charge in [-0.05, 0) is 56.5 Å². The Balaban J connectivity index is 1.72. The highest BCUT2D eigenvalue weighted by atomic mass is 16.3. The summed E-state index contributed by atoms with van der Waals surface area (Å²) in [6, 6.07) is 0. The van der Waals surface area contributed by atoms with Crippen molar-refractivity contribution >= 4 is 0 Å². The van der Waals surface area contributed by atoms with Crippen molar-refractivity contribution in [2.24, 2.45) is 17.8 Å². The number of rotatable bonds is 3. The molecule has 2 rings (SSSR count). The van der Waals surface area contributed by atoms with Crippen LogP contribution in [-0.2, 0) is 0 Å². The first-order valence-electron chi connectivity index (χ1n) is 5.23. The topological polar surface area (TPSA) is 32.3 Å². The minimum Gasteiger partial charge on any atom is -0.396 e. The lowest BCUT2D eigenvalue weighted by Gasteiger charge is -2.22. The van der Waals surface area contributed by atoms with Gasteiger partial charge >= 0.3 is 0 Å². The van der Waals surface area contributed by atoms with Gasteiger partial charge in [-0.3, -0.25) is 0 Å². The van der Waals surface area contributed by atoms with E-state index in [1.165, 1.54) is 32.4 Å². The Morgan fingerprint density at radius 1 is 1.25 bits per heavy atom. The van der Waals surface area contributed by atoms with Crippen LogP contribution in [0, 0.1) is 17.8 Å². The monoisotopic (exact) mass is 169 g/mol. The van der Waals surface area contributed by atoms with Crippen molar-refractivity contribution in [1.82, 2.24) is 5.32 Å². The molecule has 0 bridgehead atoms. The normalized spacial score (nSPS) is 36.8. The maximum absolute atomic E-state index is 8.78. The van der Waals surface area contributed by atoms with E-state index < -0.39 is 0 Å². The van der Waals surface area contributed by atoms with Crippen LogP contribution in [0.25, 0.3) is 0 Å². The van der Waals surface area contributed by atoms with Gasteiger partial charge in [0.05, 0.1) is 0 Å². The maximum Gasteiger partial charge on any atom is 0.0433 e. The maximum atomic E-state index is 8.78. The molecule has 1 saturated heterocycles. The Morgan fingerprint density at radius 2 is 2.00 bits per heavy atom. The molecular weight excluding hydrogens is 150 g/mol. The van der Waals surface area contributed by atoms with Crippen molar-refractivity contribution in [1.29, 1.82) is 0 Å². The molecule has 0 radical (unpaired) electrons. The second-order valence-corrected chi connectivity index (χ2v) is 4.26. The largest absolute Gasteiger partial charge is 0.396 e. The van der Waals surface area contributed by atoms with Crippen molar-refractivity contribution < 1.29 is 5.11 Å². The Kier molecular flexibility index (Phi) is 2.66. The highest BCUT2D eigenvalue weighted by Gasteiger charge is 2.41. The summed E-state index contributed by atoms with van der Waals surface area (Å²) in [4.78, 5) is 0. The van der Waals surface area contributed by atoms with E-state index in [2.05, 4.69) is 5.32 Å². The van der Waals surface area contributed by atoms with Gasteiger partial charge in [0.15, 0.2) is 0 Å². The number of hydrogen-bond acceptors (Lipinski definition) is 2. The minimum atomic E-state index is 0.395. The molecule has 0 aromatic rings. The molecule has 2 heteroatoms. The molecule has 0 aromatic carbocycles. The van der Waals surface area contributed by atoms with Crippen LogP contribution in [-0.4, -0.2) is 24.8 Å². The van der Waals surface area contributed by atoms with Gasteiger partial charge in [0, 0.05) is 6.61 Å². The first-order valence-corrected chi connectivity index (χ1v) is 5.23. The minimum absolute atomic E-state index is 0.395. The smallest absolute Gasteiger partial charge is 0.0433 e. The second-order valence-electron chi connectivity index (χ2n) is 4.26. The van der Waals surface area contributed by atoms with Crippen LogP contribution in [0.1, 0.15) is 25.7 Å². The van der Waals surface area contributed by atoms with Crippen LogP contribution in [0.15, 0.2) is 0 Å². The lowest BCUT2D eigenvalue weighted by molar-refractivity contribution is 0.263. The van der Waals surface area contributed by atoms with Crippen LogP contribution < -0.4 is 5.32 Å². The average molecular weight is 169 g/mol. The zero-order valence-corrected chi connectivity index (χ0v) is 7.63. The molecule has 1 heterocycles. The third-order valence-corrected chi connectivity index (χ3v) is 3.47. The quantitative estimate of drug-likeness (QED) is 0.660. The molecule has 70 valence electrons. The summed E-state index contributed by atoms with van der Waals surface area (Å²) < 4.78 is 0. The predicted octanol–water partition coefficient (Wildman–Crippen LogP) is 1.00. The molecule has 2 aliphatic rings. The van der Waals surface area contributed by atoms with E-state index in [9.17, 15) is 0 Å². The van der Waals surface area contributed by atoms with Crippen molar-refractivity contribution in [2.45, 2.75) is 25.7 Å². The highest BCUT2D eigenvalue weighted by molar-refractivity contribution is 4.92. The number of hydrogen-bond donors (Lipinski definition) is 2. The summed E-state index contributed by atoms with van der Waals surface area (Å²) in [7, 11) is 0. The molecule has 2 nitrogen and oxygen atoms in total. The van der Waals surface area contributed by atoms with E-state index in [-0.39, 0.29) is 0 Å². The fourth-order valence-corrected chi connectivity index (χ4v) is 2.62. The number of aliphatic hydroxyl groups is 1. The number of aliphatic hydroxyl groups excluding tert-OH is 1. The molecule has 0 spiro atoms. The Labute approximate surface area is 74.4 Å². The predicted molar refractivity (Wildman–Crippen MR) is 48.9 cm³/mol. The van der Waals surface area contributed by atoms with Gasteiger partial charge in [0.2, 0.25) is 0 Å². The van der Waals surface area contributed by atoms with E-state index in [1.54, 1.807) is 0 Å². The van der Waals surface area contributed by atoms with E-state index >= 15 is 0 Å². The SMILES string of the molecule is OCC[C@H]1CC1C1CCNCC1. The van der Waals surface area contributed by atoms with Gasteiger partial charge in [-0.1, -0.05) is 0 Å². The third-order valence-electron chi connectivity index (χ3n) is 3.47. The van der Waals surface area contributed by atoms with Crippen molar-refractivity contribution in [3.8, 4) is 0 Å². The van der Waals surface area contributed by atoms with Crippen molar-refractivity contribution in [3.05, 3.63) is 0 Å². The molecule has 1 aliphatic carbocycles. The lowest BCUT2D eigenvalue weighted by atomic mass is 9.91. The summed E-state index contributed by atoms with van der Waals surface area (Å²) >= 11 is 0. The van der Waals surface area contributed by atoms with E-state index in [0.717, 1.165) is 24.2 Å². The van der Waals surface area contributed by atoms with Crippen LogP contribution >= 0.6 is 0 Å². The molecule has 12 heavy (non-hydrogen) atoms. The lowest BCUT2D eigenvalue weighted by Crippen LogP contribution is -2.28. The zero-order valence-electron chi connectivity index (χ0n) is 7.63. The molecule has 1 saturated carbocycles. The molecule has 0 amide bonds. The molecule has 0 aromatic heterocycles. The first-order chi connectivity index (χ1) is 5.92. The first kappa shape index (κ1) is 8.52. The van der Waals surface area contributed by atoms with Gasteiger partial charge in [0.1, 0.15) is 0 Å².